The highest BCUT2D eigenvalue weighted by atomic mass is 32.1. The van der Waals surface area contributed by atoms with E-state index >= 15 is 0 Å². The molecule has 3 rings (SSSR count). The van der Waals surface area contributed by atoms with Gasteiger partial charge in [-0.15, -0.1) is 11.3 Å². The summed E-state index contributed by atoms with van der Waals surface area (Å²) in [6.07, 6.45) is 3.61. The van der Waals surface area contributed by atoms with E-state index in [2.05, 4.69) is 11.4 Å². The van der Waals surface area contributed by atoms with E-state index < -0.39 is 24.6 Å². The van der Waals surface area contributed by atoms with Gasteiger partial charge in [0.1, 0.15) is 16.8 Å². The number of aryl methyl sites for hydroxylation is 1. The second kappa shape index (κ2) is 9.38. The molecule has 1 aliphatic rings. The predicted molar refractivity (Wildman–Crippen MR) is 106 cm³/mol. The van der Waals surface area contributed by atoms with Crippen molar-refractivity contribution in [3.63, 3.8) is 0 Å². The lowest BCUT2D eigenvalue weighted by atomic mass is 9.96. The SMILES string of the molecule is CC[C@@H](Oc1ccccc1)C(=O)OCC(=O)Nc1sc2c(c1C#N)CCCC2. The van der Waals surface area contributed by atoms with Gasteiger partial charge in [-0.25, -0.2) is 4.79 Å². The molecule has 0 unspecified atom stereocenters. The molecule has 0 saturated carbocycles. The van der Waals surface area contributed by atoms with Crippen LogP contribution in [0.25, 0.3) is 0 Å². The Kier molecular flexibility index (Phi) is 6.66. The fraction of sp³-hybridized carbons (Fsp3) is 0.381. The Labute approximate surface area is 168 Å². The molecule has 1 amide bonds. The Morgan fingerprint density at radius 1 is 1.25 bits per heavy atom. The highest BCUT2D eigenvalue weighted by Gasteiger charge is 2.24. The van der Waals surface area contributed by atoms with Gasteiger partial charge in [-0.05, 0) is 49.8 Å². The van der Waals surface area contributed by atoms with Gasteiger partial charge in [-0.2, -0.15) is 5.26 Å². The van der Waals surface area contributed by atoms with Gasteiger partial charge >= 0.3 is 5.97 Å². The maximum absolute atomic E-state index is 12.2. The number of nitriles is 1. The molecule has 146 valence electrons. The molecular weight excluding hydrogens is 376 g/mol. The lowest BCUT2D eigenvalue weighted by molar-refractivity contribution is -0.154. The van der Waals surface area contributed by atoms with E-state index in [1.807, 2.05) is 25.1 Å². The average molecular weight is 398 g/mol. The third kappa shape index (κ3) is 4.70. The predicted octanol–water partition coefficient (Wildman–Crippen LogP) is 3.84. The van der Waals surface area contributed by atoms with Crippen LogP contribution >= 0.6 is 11.3 Å². The van der Waals surface area contributed by atoms with Crippen molar-refractivity contribution in [2.75, 3.05) is 11.9 Å². The molecule has 1 N–H and O–H groups in total. The van der Waals surface area contributed by atoms with Crippen molar-refractivity contribution < 1.29 is 19.1 Å². The molecule has 2 aromatic rings. The molecule has 28 heavy (non-hydrogen) atoms. The molecule has 1 atom stereocenters. The van der Waals surface area contributed by atoms with Gasteiger partial charge in [0.15, 0.2) is 12.7 Å². The summed E-state index contributed by atoms with van der Waals surface area (Å²) in [5.41, 5.74) is 1.59. The van der Waals surface area contributed by atoms with E-state index in [1.165, 1.54) is 11.3 Å². The molecule has 6 nitrogen and oxygen atoms in total. The third-order valence-electron chi connectivity index (χ3n) is 4.54. The number of para-hydroxylation sites is 1. The first kappa shape index (κ1) is 19.9. The van der Waals surface area contributed by atoms with Crippen LogP contribution in [-0.4, -0.2) is 24.6 Å². The summed E-state index contributed by atoms with van der Waals surface area (Å²) < 4.78 is 10.7. The molecule has 1 aliphatic carbocycles. The summed E-state index contributed by atoms with van der Waals surface area (Å²) in [7, 11) is 0. The molecule has 1 aromatic heterocycles. The Balaban J connectivity index is 1.56. The van der Waals surface area contributed by atoms with Gasteiger partial charge in [0, 0.05) is 4.88 Å². The number of benzene rings is 1. The van der Waals surface area contributed by atoms with Crippen LogP contribution in [0.15, 0.2) is 30.3 Å². The van der Waals surface area contributed by atoms with E-state index in [9.17, 15) is 14.9 Å². The minimum absolute atomic E-state index is 0.416. The lowest BCUT2D eigenvalue weighted by Gasteiger charge is -2.16. The molecular formula is C21H22N2O4S. The van der Waals surface area contributed by atoms with Crippen molar-refractivity contribution >= 4 is 28.2 Å². The Bertz CT molecular complexity index is 886. The number of carbonyl (C=O) groups is 2. The molecule has 0 radical (unpaired) electrons. The third-order valence-corrected chi connectivity index (χ3v) is 5.74. The number of nitrogens with one attached hydrogen (secondary N) is 1. The summed E-state index contributed by atoms with van der Waals surface area (Å²) in [6.45, 7) is 1.39. The first-order valence-electron chi connectivity index (χ1n) is 9.35. The van der Waals surface area contributed by atoms with Gasteiger partial charge in [0.2, 0.25) is 0 Å². The smallest absolute Gasteiger partial charge is 0.347 e. The second-order valence-electron chi connectivity index (χ2n) is 6.51. The van der Waals surface area contributed by atoms with Gasteiger partial charge in [-0.3, -0.25) is 4.79 Å². The molecule has 0 aliphatic heterocycles. The molecule has 1 aromatic carbocycles. The molecule has 0 saturated heterocycles. The molecule has 7 heteroatoms. The fourth-order valence-electron chi connectivity index (χ4n) is 3.13. The van der Waals surface area contributed by atoms with Gasteiger partial charge < -0.3 is 14.8 Å². The largest absolute Gasteiger partial charge is 0.479 e. The van der Waals surface area contributed by atoms with Crippen molar-refractivity contribution in [1.82, 2.24) is 0 Å². The van der Waals surface area contributed by atoms with Gasteiger partial charge in [0.05, 0.1) is 5.56 Å². The first-order valence-corrected chi connectivity index (χ1v) is 10.2. The summed E-state index contributed by atoms with van der Waals surface area (Å²) >= 11 is 1.44. The van der Waals surface area contributed by atoms with Crippen LogP contribution in [0.3, 0.4) is 0 Å². The Hall–Kier alpha value is -2.85. The topological polar surface area (TPSA) is 88.4 Å². The number of hydrogen-bond acceptors (Lipinski definition) is 6. The minimum Gasteiger partial charge on any atom is -0.479 e. The van der Waals surface area contributed by atoms with Gasteiger partial charge in [-0.1, -0.05) is 25.1 Å². The van der Waals surface area contributed by atoms with Crippen molar-refractivity contribution in [1.29, 1.82) is 5.26 Å². The van der Waals surface area contributed by atoms with Crippen molar-refractivity contribution in [3.8, 4) is 11.8 Å². The standard InChI is InChI=1S/C21H22N2O4S/c1-2-17(27-14-8-4-3-5-9-14)21(25)26-13-19(24)23-20-16(12-22)15-10-6-7-11-18(15)28-20/h3-5,8-9,17H,2,6-7,10-11,13H2,1H3,(H,23,24)/t17-/m1/s1. The van der Waals surface area contributed by atoms with Crippen molar-refractivity contribution in [2.24, 2.45) is 0 Å². The molecule has 0 fully saturated rings. The maximum atomic E-state index is 12.2. The highest BCUT2D eigenvalue weighted by Crippen LogP contribution is 2.37. The van der Waals surface area contributed by atoms with Gasteiger partial charge in [0.25, 0.3) is 5.91 Å². The van der Waals surface area contributed by atoms with Crippen molar-refractivity contribution in [3.05, 3.63) is 46.3 Å². The summed E-state index contributed by atoms with van der Waals surface area (Å²) in [5.74, 6) is -0.482. The number of carbonyl (C=O) groups excluding carboxylic acids is 2. The van der Waals surface area contributed by atoms with E-state index in [0.717, 1.165) is 36.1 Å². The second-order valence-corrected chi connectivity index (χ2v) is 7.62. The van der Waals surface area contributed by atoms with Crippen LogP contribution in [0.5, 0.6) is 5.75 Å². The monoisotopic (exact) mass is 398 g/mol. The summed E-state index contributed by atoms with van der Waals surface area (Å²) in [5, 5.41) is 12.7. The van der Waals surface area contributed by atoms with Crippen LogP contribution < -0.4 is 10.1 Å². The number of thiophene rings is 1. The van der Waals surface area contributed by atoms with E-state index in [-0.39, 0.29) is 0 Å². The summed E-state index contributed by atoms with van der Waals surface area (Å²) in [4.78, 5) is 25.6. The van der Waals surface area contributed by atoms with Crippen LogP contribution in [0, 0.1) is 11.3 Å². The average Bonchev–Trinajstić information content (AvgIpc) is 3.07. The quantitative estimate of drug-likeness (QED) is 0.716. The van der Waals surface area contributed by atoms with Crippen LogP contribution in [0.1, 0.15) is 42.2 Å². The number of rotatable bonds is 7. The number of esters is 1. The lowest BCUT2D eigenvalue weighted by Crippen LogP contribution is -2.31. The Morgan fingerprint density at radius 3 is 2.71 bits per heavy atom. The normalized spacial score (nSPS) is 13.7. The van der Waals surface area contributed by atoms with Crippen molar-refractivity contribution in [2.45, 2.75) is 45.1 Å². The number of nitrogens with zero attached hydrogens (tertiary/aromatic N) is 1. The first-order chi connectivity index (χ1) is 13.6. The van der Waals surface area contributed by atoms with E-state index in [0.29, 0.717) is 22.7 Å². The van der Waals surface area contributed by atoms with Crippen LogP contribution in [0.2, 0.25) is 0 Å². The highest BCUT2D eigenvalue weighted by molar-refractivity contribution is 7.16. The van der Waals surface area contributed by atoms with E-state index in [4.69, 9.17) is 9.47 Å². The molecule has 0 bridgehead atoms. The zero-order valence-corrected chi connectivity index (χ0v) is 16.5. The molecule has 1 heterocycles. The number of fused-ring (bicyclic) bond motifs is 1. The molecule has 0 spiro atoms. The number of ether oxygens (including phenoxy) is 2. The number of hydrogen-bond donors (Lipinski definition) is 1. The summed E-state index contributed by atoms with van der Waals surface area (Å²) in [6, 6.07) is 11.2. The fourth-order valence-corrected chi connectivity index (χ4v) is 4.38. The van der Waals surface area contributed by atoms with Crippen LogP contribution in [-0.2, 0) is 27.2 Å². The van der Waals surface area contributed by atoms with E-state index in [1.54, 1.807) is 12.1 Å². The Morgan fingerprint density at radius 2 is 2.00 bits per heavy atom. The number of amides is 1. The maximum Gasteiger partial charge on any atom is 0.347 e. The zero-order valence-electron chi connectivity index (χ0n) is 15.7. The zero-order chi connectivity index (χ0) is 19.9. The number of anilines is 1. The minimum atomic E-state index is -0.779. The van der Waals surface area contributed by atoms with Crippen LogP contribution in [0.4, 0.5) is 5.00 Å².